The van der Waals surface area contributed by atoms with Crippen LogP contribution in [0.25, 0.3) is 0 Å². The second-order valence-electron chi connectivity index (χ2n) is 14.9. The van der Waals surface area contributed by atoms with Gasteiger partial charge < -0.3 is 10.2 Å². The lowest BCUT2D eigenvalue weighted by Crippen LogP contribution is -2.14. The van der Waals surface area contributed by atoms with Crippen molar-refractivity contribution in [3.8, 4) is 0 Å². The first kappa shape index (κ1) is 47.9. The molecule has 1 aromatic heterocycles. The van der Waals surface area contributed by atoms with Crippen molar-refractivity contribution in [3.63, 3.8) is 0 Å². The fourth-order valence-electron chi connectivity index (χ4n) is 7.01. The van der Waals surface area contributed by atoms with Gasteiger partial charge in [0.05, 0.1) is 37.2 Å². The van der Waals surface area contributed by atoms with E-state index in [2.05, 4.69) is 9.44 Å². The first-order valence-corrected chi connectivity index (χ1v) is 25.7. The number of sulfone groups is 1. The Morgan fingerprint density at radius 2 is 0.908 bits per heavy atom. The number of thiophene rings is 1. The number of carboxylic acids is 2. The van der Waals surface area contributed by atoms with Crippen molar-refractivity contribution in [1.29, 1.82) is 0 Å². The zero-order chi connectivity index (χ0) is 46.6. The van der Waals surface area contributed by atoms with Gasteiger partial charge in [0.2, 0.25) is 9.84 Å². The molecule has 0 unspecified atom stereocenters. The molecule has 0 radical (unpaired) electrons. The second kappa shape index (κ2) is 21.4. The summed E-state index contributed by atoms with van der Waals surface area (Å²) in [4.78, 5) is 23.0. The zero-order valence-electron chi connectivity index (χ0n) is 35.1. The minimum absolute atomic E-state index is 0.0792. The van der Waals surface area contributed by atoms with Crippen LogP contribution in [0, 0.1) is 6.92 Å². The highest BCUT2D eigenvalue weighted by Gasteiger charge is 2.25. The van der Waals surface area contributed by atoms with Crippen LogP contribution in [0.2, 0.25) is 0 Å². The van der Waals surface area contributed by atoms with Crippen LogP contribution in [-0.4, -0.2) is 47.4 Å². The molecule has 7 aromatic rings. The van der Waals surface area contributed by atoms with E-state index in [1.54, 1.807) is 109 Å². The van der Waals surface area contributed by atoms with E-state index >= 15 is 0 Å². The summed E-state index contributed by atoms with van der Waals surface area (Å²) in [7, 11) is -11.5. The molecule has 1 heterocycles. The average Bonchev–Trinajstić information content (AvgIpc) is 3.81. The van der Waals surface area contributed by atoms with Crippen molar-refractivity contribution in [1.82, 2.24) is 0 Å². The number of anilines is 2. The quantitative estimate of drug-likeness (QED) is 0.0642. The molecular weight excluding hydrogens is 905 g/mol. The number of carbonyl (C=O) groups is 2. The zero-order valence-corrected chi connectivity index (χ0v) is 38.4. The molecule has 12 nitrogen and oxygen atoms in total. The summed E-state index contributed by atoms with van der Waals surface area (Å²) in [6, 6.07) is 43.8. The largest absolute Gasteiger partial charge is 0.478 e. The van der Waals surface area contributed by atoms with Crippen molar-refractivity contribution in [2.24, 2.45) is 0 Å². The maximum absolute atomic E-state index is 13.1. The van der Waals surface area contributed by atoms with E-state index in [1.807, 2.05) is 37.3 Å². The first-order valence-electron chi connectivity index (χ1n) is 20.3. The van der Waals surface area contributed by atoms with Crippen LogP contribution in [0.1, 0.15) is 61.4 Å². The summed E-state index contributed by atoms with van der Waals surface area (Å²) < 4.78 is 82.5. The van der Waals surface area contributed by atoms with Gasteiger partial charge in [0.1, 0.15) is 4.21 Å². The van der Waals surface area contributed by atoms with Gasteiger partial charge in [0.15, 0.2) is 0 Å². The first-order chi connectivity index (χ1) is 31.0. The van der Waals surface area contributed by atoms with Crippen molar-refractivity contribution in [2.45, 2.75) is 64.3 Å². The third-order valence-electron chi connectivity index (χ3n) is 10.3. The van der Waals surface area contributed by atoms with Crippen LogP contribution >= 0.6 is 11.3 Å². The molecule has 336 valence electrons. The minimum atomic E-state index is -4.03. The molecule has 0 aliphatic heterocycles. The molecule has 0 aliphatic rings. The van der Waals surface area contributed by atoms with E-state index in [0.717, 1.165) is 33.6 Å². The van der Waals surface area contributed by atoms with E-state index in [0.29, 0.717) is 61.0 Å². The molecule has 16 heteroatoms. The highest BCUT2D eigenvalue weighted by Crippen LogP contribution is 2.31. The van der Waals surface area contributed by atoms with Gasteiger partial charge in [-0.05, 0) is 128 Å². The molecule has 65 heavy (non-hydrogen) atoms. The molecule has 7 rings (SSSR count). The van der Waals surface area contributed by atoms with Crippen LogP contribution < -0.4 is 9.44 Å². The number of hydrogen-bond acceptors (Lipinski definition) is 9. The van der Waals surface area contributed by atoms with Crippen LogP contribution in [0.4, 0.5) is 11.4 Å². The van der Waals surface area contributed by atoms with Gasteiger partial charge in [-0.2, -0.15) is 0 Å². The normalized spacial score (nSPS) is 11.5. The Kier molecular flexibility index (Phi) is 15.8. The number of rotatable bonds is 18. The summed E-state index contributed by atoms with van der Waals surface area (Å²) in [5, 5.41) is 20.0. The van der Waals surface area contributed by atoms with Crippen LogP contribution in [0.15, 0.2) is 182 Å². The highest BCUT2D eigenvalue weighted by molar-refractivity contribution is 7.95. The Morgan fingerprint density at radius 1 is 0.477 bits per heavy atom. The van der Waals surface area contributed by atoms with Crippen molar-refractivity contribution in [2.75, 3.05) is 9.44 Å². The summed E-state index contributed by atoms with van der Waals surface area (Å²) in [5.74, 6) is -1.92. The Bertz CT molecular complexity index is 3130. The second-order valence-corrected chi connectivity index (χ2v) is 21.3. The molecule has 0 saturated carbocycles. The van der Waals surface area contributed by atoms with Gasteiger partial charge in [0, 0.05) is 5.38 Å². The Morgan fingerprint density at radius 3 is 1.42 bits per heavy atom. The molecule has 0 amide bonds. The molecule has 0 fully saturated rings. The molecule has 6 aromatic carbocycles. The van der Waals surface area contributed by atoms with E-state index < -0.39 is 41.8 Å². The summed E-state index contributed by atoms with van der Waals surface area (Å²) >= 11 is 0.837. The molecular formula is C49H46N2O10S4. The molecule has 0 aliphatic carbocycles. The fourth-order valence-corrected chi connectivity index (χ4v) is 12.2. The SMILES string of the molecule is Cc1cccc(S(=O)(=O)Nc2ccccc2CCCc2ccccc2C(=O)O)c1.O=C(O)c1ccccc1CCCc1ccccc1NS(=O)(=O)c1cc(S(=O)(=O)c2ccccc2)cs1. The van der Waals surface area contributed by atoms with Gasteiger partial charge in [-0.1, -0.05) is 103 Å². The number of aryl methyl sites for hydroxylation is 5. The summed E-state index contributed by atoms with van der Waals surface area (Å²) in [6.07, 6.45) is 3.58. The number of hydrogen-bond donors (Lipinski definition) is 4. The lowest BCUT2D eigenvalue weighted by atomic mass is 9.99. The predicted molar refractivity (Wildman–Crippen MR) is 253 cm³/mol. The highest BCUT2D eigenvalue weighted by atomic mass is 32.2. The number of benzene rings is 6. The third kappa shape index (κ3) is 12.6. The fraction of sp³-hybridized carbons (Fsp3) is 0.143. The maximum Gasteiger partial charge on any atom is 0.335 e. The number of sulfonamides is 2. The Balaban J connectivity index is 0.000000221. The van der Waals surface area contributed by atoms with Crippen molar-refractivity contribution >= 4 is 64.5 Å². The number of nitrogens with one attached hydrogen (secondary N) is 2. The van der Waals surface area contributed by atoms with E-state index in [-0.39, 0.29) is 24.5 Å². The standard InChI is InChI=1S/C26H23NO6S3.C23H23NO4S/c28-26(29)23-15-6-4-9-19(23)11-8-12-20-10-5-7-16-24(20)27-36(32,33)25-17-22(18-34-25)35(30,31)21-13-2-1-3-14-21;1-17-8-6-13-20(16-17)29(27,28)24-22-15-5-3-10-19(22)12-7-11-18-9-2-4-14-21(18)23(25)26/h1-7,9-10,13-18,27H,8,11-12H2,(H,28,29);2-6,8-10,13-16,24H,7,11-12H2,1H3,(H,25,26). The number of para-hydroxylation sites is 2. The number of aromatic carboxylic acids is 2. The Labute approximate surface area is 383 Å². The topological polar surface area (TPSA) is 201 Å². The van der Waals surface area contributed by atoms with Gasteiger partial charge in [-0.15, -0.1) is 11.3 Å². The maximum atomic E-state index is 13.1. The van der Waals surface area contributed by atoms with Gasteiger partial charge in [0.25, 0.3) is 20.0 Å². The molecule has 4 N–H and O–H groups in total. The van der Waals surface area contributed by atoms with Crippen molar-refractivity contribution in [3.05, 3.63) is 202 Å². The number of carboxylic acid groups (broad SMARTS) is 2. The van der Waals surface area contributed by atoms with Gasteiger partial charge >= 0.3 is 11.9 Å². The third-order valence-corrected chi connectivity index (χ3v) is 16.3. The molecule has 0 atom stereocenters. The van der Waals surface area contributed by atoms with Crippen LogP contribution in [0.3, 0.4) is 0 Å². The van der Waals surface area contributed by atoms with Crippen LogP contribution in [-0.2, 0) is 55.6 Å². The van der Waals surface area contributed by atoms with E-state index in [4.69, 9.17) is 0 Å². The van der Waals surface area contributed by atoms with Crippen molar-refractivity contribution < 1.29 is 45.1 Å². The predicted octanol–water partition coefficient (Wildman–Crippen LogP) is 9.92. The lowest BCUT2D eigenvalue weighted by Gasteiger charge is -2.13. The summed E-state index contributed by atoms with van der Waals surface area (Å²) in [6.45, 7) is 1.85. The smallest absolute Gasteiger partial charge is 0.335 e. The minimum Gasteiger partial charge on any atom is -0.478 e. The van der Waals surface area contributed by atoms with Crippen LogP contribution in [0.5, 0.6) is 0 Å². The molecule has 0 spiro atoms. The average molecular weight is 951 g/mol. The Hall–Kier alpha value is -6.59. The van der Waals surface area contributed by atoms with Gasteiger partial charge in [-0.3, -0.25) is 9.44 Å². The molecule has 0 bridgehead atoms. The monoisotopic (exact) mass is 950 g/mol. The van der Waals surface area contributed by atoms with Gasteiger partial charge in [-0.25, -0.2) is 34.8 Å². The summed E-state index contributed by atoms with van der Waals surface area (Å²) in [5.41, 5.74) is 5.49. The molecule has 0 saturated heterocycles. The van der Waals surface area contributed by atoms with E-state index in [9.17, 15) is 45.1 Å². The lowest BCUT2D eigenvalue weighted by molar-refractivity contribution is 0.0684. The van der Waals surface area contributed by atoms with E-state index in [1.165, 1.54) is 23.6 Å².